The lowest BCUT2D eigenvalue weighted by atomic mass is 10.1. The molecule has 0 aliphatic carbocycles. The number of rotatable bonds is 2. The summed E-state index contributed by atoms with van der Waals surface area (Å²) in [6.45, 7) is 3.76. The van der Waals surface area contributed by atoms with Crippen LogP contribution in [0.15, 0.2) is 36.5 Å². The van der Waals surface area contributed by atoms with Gasteiger partial charge in [-0.15, -0.1) is 0 Å². The van der Waals surface area contributed by atoms with Gasteiger partial charge in [-0.2, -0.15) is 0 Å². The number of halogens is 1. The molecular formula is C14H13ClN2O. The minimum atomic E-state index is -0.153. The van der Waals surface area contributed by atoms with E-state index in [0.717, 1.165) is 11.3 Å². The molecule has 0 saturated heterocycles. The molecule has 0 fully saturated rings. The first-order chi connectivity index (χ1) is 8.58. The lowest BCUT2D eigenvalue weighted by Gasteiger charge is -2.09. The zero-order valence-corrected chi connectivity index (χ0v) is 11.0. The fourth-order valence-corrected chi connectivity index (χ4v) is 1.84. The summed E-state index contributed by atoms with van der Waals surface area (Å²) in [5.74, 6) is -0.153. The molecule has 1 heterocycles. The molecule has 4 heteroatoms. The number of benzene rings is 1. The third kappa shape index (κ3) is 2.68. The van der Waals surface area contributed by atoms with E-state index in [4.69, 9.17) is 11.6 Å². The summed E-state index contributed by atoms with van der Waals surface area (Å²) in [6, 6.07) is 8.78. The van der Waals surface area contributed by atoms with Gasteiger partial charge in [0.25, 0.3) is 5.91 Å². The molecule has 0 saturated carbocycles. The first-order valence-corrected chi connectivity index (χ1v) is 5.95. The average Bonchev–Trinajstić information content (AvgIpc) is 2.32. The first-order valence-electron chi connectivity index (χ1n) is 5.57. The van der Waals surface area contributed by atoms with Crippen molar-refractivity contribution in [2.45, 2.75) is 13.8 Å². The Morgan fingerprint density at radius 1 is 1.28 bits per heavy atom. The molecule has 92 valence electrons. The van der Waals surface area contributed by atoms with Crippen molar-refractivity contribution in [1.82, 2.24) is 4.98 Å². The molecule has 0 bridgehead atoms. The lowest BCUT2D eigenvalue weighted by molar-refractivity contribution is 0.102. The van der Waals surface area contributed by atoms with Gasteiger partial charge in [0.15, 0.2) is 0 Å². The molecular weight excluding hydrogens is 248 g/mol. The Hall–Kier alpha value is -1.87. The second-order valence-corrected chi connectivity index (χ2v) is 4.47. The predicted octanol–water partition coefficient (Wildman–Crippen LogP) is 3.60. The Morgan fingerprint density at radius 2 is 2.06 bits per heavy atom. The van der Waals surface area contributed by atoms with Crippen molar-refractivity contribution in [3.8, 4) is 0 Å². The number of nitrogens with one attached hydrogen (secondary N) is 1. The standard InChI is InChI=1S/C14H13ClN2O/c1-9-10(2)16-7-6-13(9)14(18)17-12-5-3-4-11(15)8-12/h3-8H,1-2H3,(H,17,18). The van der Waals surface area contributed by atoms with Gasteiger partial charge in [0.1, 0.15) is 0 Å². The number of hydrogen-bond acceptors (Lipinski definition) is 2. The number of carbonyl (C=O) groups excluding carboxylic acids is 1. The molecule has 1 N–H and O–H groups in total. The number of amides is 1. The molecule has 3 nitrogen and oxygen atoms in total. The summed E-state index contributed by atoms with van der Waals surface area (Å²) in [5, 5.41) is 3.41. The molecule has 2 aromatic rings. The Morgan fingerprint density at radius 3 is 2.78 bits per heavy atom. The van der Waals surface area contributed by atoms with Crippen LogP contribution in [-0.2, 0) is 0 Å². The first kappa shape index (κ1) is 12.6. The van der Waals surface area contributed by atoms with Crippen LogP contribution < -0.4 is 5.32 Å². The fraction of sp³-hybridized carbons (Fsp3) is 0.143. The van der Waals surface area contributed by atoms with E-state index in [2.05, 4.69) is 10.3 Å². The van der Waals surface area contributed by atoms with Gasteiger partial charge in [0, 0.05) is 28.2 Å². The maximum absolute atomic E-state index is 12.1. The summed E-state index contributed by atoms with van der Waals surface area (Å²) < 4.78 is 0. The quantitative estimate of drug-likeness (QED) is 0.896. The van der Waals surface area contributed by atoms with Gasteiger partial charge in [-0.3, -0.25) is 9.78 Å². The van der Waals surface area contributed by atoms with Crippen molar-refractivity contribution in [2.24, 2.45) is 0 Å². The van der Waals surface area contributed by atoms with Crippen molar-refractivity contribution in [3.05, 3.63) is 58.4 Å². The van der Waals surface area contributed by atoms with E-state index in [0.29, 0.717) is 16.3 Å². The van der Waals surface area contributed by atoms with E-state index in [1.807, 2.05) is 13.8 Å². The topological polar surface area (TPSA) is 42.0 Å². The monoisotopic (exact) mass is 260 g/mol. The molecule has 0 unspecified atom stereocenters. The smallest absolute Gasteiger partial charge is 0.256 e. The van der Waals surface area contributed by atoms with Crippen molar-refractivity contribution < 1.29 is 4.79 Å². The van der Waals surface area contributed by atoms with Gasteiger partial charge in [0.2, 0.25) is 0 Å². The highest BCUT2D eigenvalue weighted by molar-refractivity contribution is 6.30. The summed E-state index contributed by atoms with van der Waals surface area (Å²) >= 11 is 5.87. The van der Waals surface area contributed by atoms with Crippen LogP contribution in [0.25, 0.3) is 0 Å². The molecule has 1 aromatic carbocycles. The van der Waals surface area contributed by atoms with E-state index in [-0.39, 0.29) is 5.91 Å². The molecule has 1 aromatic heterocycles. The number of nitrogens with zero attached hydrogens (tertiary/aromatic N) is 1. The fourth-order valence-electron chi connectivity index (χ4n) is 1.65. The summed E-state index contributed by atoms with van der Waals surface area (Å²) in [7, 11) is 0. The number of aromatic nitrogens is 1. The van der Waals surface area contributed by atoms with Crippen LogP contribution in [0.5, 0.6) is 0 Å². The molecule has 0 aliphatic heterocycles. The van der Waals surface area contributed by atoms with E-state index in [1.165, 1.54) is 0 Å². The van der Waals surface area contributed by atoms with Gasteiger partial charge in [0.05, 0.1) is 0 Å². The lowest BCUT2D eigenvalue weighted by Crippen LogP contribution is -2.14. The average molecular weight is 261 g/mol. The molecule has 2 rings (SSSR count). The van der Waals surface area contributed by atoms with Gasteiger partial charge in [-0.1, -0.05) is 17.7 Å². The molecule has 18 heavy (non-hydrogen) atoms. The highest BCUT2D eigenvalue weighted by Gasteiger charge is 2.10. The third-order valence-electron chi connectivity index (χ3n) is 2.78. The minimum Gasteiger partial charge on any atom is -0.322 e. The van der Waals surface area contributed by atoms with Crippen LogP contribution >= 0.6 is 11.6 Å². The van der Waals surface area contributed by atoms with Gasteiger partial charge < -0.3 is 5.32 Å². The van der Waals surface area contributed by atoms with Crippen LogP contribution in [0.3, 0.4) is 0 Å². The van der Waals surface area contributed by atoms with Gasteiger partial charge in [-0.05, 0) is 43.7 Å². The summed E-state index contributed by atoms with van der Waals surface area (Å²) in [5.41, 5.74) is 3.05. The van der Waals surface area contributed by atoms with E-state index >= 15 is 0 Å². The van der Waals surface area contributed by atoms with Gasteiger partial charge >= 0.3 is 0 Å². The third-order valence-corrected chi connectivity index (χ3v) is 3.02. The second-order valence-electron chi connectivity index (χ2n) is 4.03. The summed E-state index contributed by atoms with van der Waals surface area (Å²) in [4.78, 5) is 16.3. The number of anilines is 1. The number of pyridine rings is 1. The van der Waals surface area contributed by atoms with Crippen molar-refractivity contribution >= 4 is 23.2 Å². The van der Waals surface area contributed by atoms with Crippen LogP contribution in [0.4, 0.5) is 5.69 Å². The Kier molecular flexibility index (Phi) is 3.63. The van der Waals surface area contributed by atoms with Crippen LogP contribution in [0.1, 0.15) is 21.6 Å². The van der Waals surface area contributed by atoms with Gasteiger partial charge in [-0.25, -0.2) is 0 Å². The number of aryl methyl sites for hydroxylation is 1. The van der Waals surface area contributed by atoms with E-state index < -0.39 is 0 Å². The Balaban J connectivity index is 2.25. The SMILES string of the molecule is Cc1nccc(C(=O)Nc2cccc(Cl)c2)c1C. The molecule has 0 aliphatic rings. The molecule has 0 radical (unpaired) electrons. The largest absolute Gasteiger partial charge is 0.322 e. The van der Waals surface area contributed by atoms with E-state index in [9.17, 15) is 4.79 Å². The molecule has 0 spiro atoms. The number of hydrogen-bond donors (Lipinski definition) is 1. The highest BCUT2D eigenvalue weighted by atomic mass is 35.5. The zero-order valence-electron chi connectivity index (χ0n) is 10.2. The van der Waals surface area contributed by atoms with E-state index in [1.54, 1.807) is 36.5 Å². The summed E-state index contributed by atoms with van der Waals surface area (Å²) in [6.07, 6.45) is 1.63. The highest BCUT2D eigenvalue weighted by Crippen LogP contribution is 2.17. The van der Waals surface area contributed by atoms with Crippen molar-refractivity contribution in [3.63, 3.8) is 0 Å². The molecule has 1 amide bonds. The van der Waals surface area contributed by atoms with Crippen LogP contribution in [0.2, 0.25) is 5.02 Å². The molecule has 0 atom stereocenters. The number of carbonyl (C=O) groups is 1. The van der Waals surface area contributed by atoms with Crippen LogP contribution in [0, 0.1) is 13.8 Å². The van der Waals surface area contributed by atoms with Crippen molar-refractivity contribution in [2.75, 3.05) is 5.32 Å². The van der Waals surface area contributed by atoms with Crippen LogP contribution in [-0.4, -0.2) is 10.9 Å². The predicted molar refractivity (Wildman–Crippen MR) is 73.1 cm³/mol. The minimum absolute atomic E-state index is 0.153. The maximum atomic E-state index is 12.1. The zero-order chi connectivity index (χ0) is 13.1. The Bertz CT molecular complexity index is 596. The second kappa shape index (κ2) is 5.19. The van der Waals surface area contributed by atoms with Crippen molar-refractivity contribution in [1.29, 1.82) is 0 Å². The Labute approximate surface area is 111 Å². The maximum Gasteiger partial charge on any atom is 0.256 e. The normalized spacial score (nSPS) is 10.2.